The van der Waals surface area contributed by atoms with Gasteiger partial charge in [0, 0.05) is 55.9 Å². The van der Waals surface area contributed by atoms with Crippen LogP contribution in [0.1, 0.15) is 5.69 Å². The minimum atomic E-state index is 0.912. The zero-order chi connectivity index (χ0) is 15.5. The standard InChI is InChI=1S/C16H17N5S2/c1-2-4-17-14(3-1)15-19-13(12-23-15)11-20-6-8-21(9-7-20)16-18-5-10-22-16/h1-5,10,12H,6-9,11H2. The van der Waals surface area contributed by atoms with Gasteiger partial charge in [0.25, 0.3) is 0 Å². The summed E-state index contributed by atoms with van der Waals surface area (Å²) in [6.07, 6.45) is 3.69. The SMILES string of the molecule is c1ccc(-c2nc(CN3CCN(c4nccs4)CC3)cs2)nc1. The van der Waals surface area contributed by atoms with Crippen LogP contribution in [0.2, 0.25) is 0 Å². The maximum atomic E-state index is 4.73. The minimum absolute atomic E-state index is 0.912. The van der Waals surface area contributed by atoms with Crippen LogP contribution in [0.25, 0.3) is 10.7 Å². The van der Waals surface area contributed by atoms with E-state index in [-0.39, 0.29) is 0 Å². The molecule has 1 aliphatic heterocycles. The Bertz CT molecular complexity index is 733. The van der Waals surface area contributed by atoms with Crippen molar-refractivity contribution >= 4 is 27.8 Å². The summed E-state index contributed by atoms with van der Waals surface area (Å²) < 4.78 is 0. The summed E-state index contributed by atoms with van der Waals surface area (Å²) in [5, 5.41) is 6.32. The van der Waals surface area contributed by atoms with Gasteiger partial charge in [0.2, 0.25) is 0 Å². The van der Waals surface area contributed by atoms with Crippen LogP contribution < -0.4 is 4.90 Å². The molecule has 3 aromatic rings. The van der Waals surface area contributed by atoms with Gasteiger partial charge < -0.3 is 4.90 Å². The Morgan fingerprint density at radius 2 is 1.91 bits per heavy atom. The molecule has 4 heterocycles. The van der Waals surface area contributed by atoms with Gasteiger partial charge in [-0.05, 0) is 12.1 Å². The van der Waals surface area contributed by atoms with Gasteiger partial charge in [-0.15, -0.1) is 22.7 Å². The molecular weight excluding hydrogens is 326 g/mol. The first-order valence-corrected chi connectivity index (χ1v) is 9.37. The lowest BCUT2D eigenvalue weighted by Gasteiger charge is -2.34. The number of rotatable bonds is 4. The van der Waals surface area contributed by atoms with Crippen molar-refractivity contribution < 1.29 is 0 Å². The molecule has 0 aromatic carbocycles. The molecule has 7 heteroatoms. The van der Waals surface area contributed by atoms with Crippen LogP contribution in [0, 0.1) is 0 Å². The lowest BCUT2D eigenvalue weighted by molar-refractivity contribution is 0.247. The van der Waals surface area contributed by atoms with Crippen molar-refractivity contribution in [3.63, 3.8) is 0 Å². The highest BCUT2D eigenvalue weighted by Gasteiger charge is 2.19. The molecule has 4 rings (SSSR count). The smallest absolute Gasteiger partial charge is 0.185 e. The van der Waals surface area contributed by atoms with Crippen LogP contribution in [-0.4, -0.2) is 46.0 Å². The number of thiazole rings is 2. The number of aromatic nitrogens is 3. The van der Waals surface area contributed by atoms with E-state index in [1.807, 2.05) is 36.0 Å². The zero-order valence-corrected chi connectivity index (χ0v) is 14.3. The first-order valence-electron chi connectivity index (χ1n) is 7.61. The van der Waals surface area contributed by atoms with Gasteiger partial charge in [-0.2, -0.15) is 0 Å². The number of hydrogen-bond donors (Lipinski definition) is 0. The van der Waals surface area contributed by atoms with Gasteiger partial charge in [-0.3, -0.25) is 9.88 Å². The lowest BCUT2D eigenvalue weighted by Crippen LogP contribution is -2.45. The van der Waals surface area contributed by atoms with E-state index in [0.717, 1.165) is 54.3 Å². The second-order valence-electron chi connectivity index (χ2n) is 5.44. The molecule has 118 valence electrons. The summed E-state index contributed by atoms with van der Waals surface area (Å²) in [4.78, 5) is 18.3. The minimum Gasteiger partial charge on any atom is -0.346 e. The Morgan fingerprint density at radius 1 is 1.00 bits per heavy atom. The van der Waals surface area contributed by atoms with Gasteiger partial charge >= 0.3 is 0 Å². The largest absolute Gasteiger partial charge is 0.346 e. The fourth-order valence-corrected chi connectivity index (χ4v) is 4.17. The first kappa shape index (κ1) is 14.7. The van der Waals surface area contributed by atoms with Crippen molar-refractivity contribution in [2.24, 2.45) is 0 Å². The summed E-state index contributed by atoms with van der Waals surface area (Å²) in [6, 6.07) is 5.94. The summed E-state index contributed by atoms with van der Waals surface area (Å²) in [5.41, 5.74) is 2.09. The fourth-order valence-electron chi connectivity index (χ4n) is 2.68. The Kier molecular flexibility index (Phi) is 4.32. The Balaban J connectivity index is 1.36. The van der Waals surface area contributed by atoms with Crippen molar-refractivity contribution in [2.45, 2.75) is 6.54 Å². The molecule has 0 saturated carbocycles. The van der Waals surface area contributed by atoms with E-state index in [1.165, 1.54) is 0 Å². The van der Waals surface area contributed by atoms with E-state index in [1.54, 1.807) is 22.7 Å². The number of hydrogen-bond acceptors (Lipinski definition) is 7. The molecule has 0 aliphatic carbocycles. The molecule has 0 radical (unpaired) electrons. The zero-order valence-electron chi connectivity index (χ0n) is 12.6. The molecule has 1 fully saturated rings. The highest BCUT2D eigenvalue weighted by atomic mass is 32.1. The van der Waals surface area contributed by atoms with Gasteiger partial charge in [0.05, 0.1) is 11.4 Å². The fraction of sp³-hybridized carbons (Fsp3) is 0.312. The predicted octanol–water partition coefficient (Wildman–Crippen LogP) is 2.98. The van der Waals surface area contributed by atoms with Crippen LogP contribution in [0.5, 0.6) is 0 Å². The molecule has 3 aromatic heterocycles. The van der Waals surface area contributed by atoms with Crippen molar-refractivity contribution in [3.8, 4) is 10.7 Å². The van der Waals surface area contributed by atoms with E-state index < -0.39 is 0 Å². The molecule has 0 unspecified atom stereocenters. The quantitative estimate of drug-likeness (QED) is 0.729. The Labute approximate surface area is 143 Å². The molecule has 1 aliphatic rings. The van der Waals surface area contributed by atoms with Gasteiger partial charge in [-0.1, -0.05) is 6.07 Å². The molecule has 1 saturated heterocycles. The molecular formula is C16H17N5S2. The molecule has 0 bridgehead atoms. The molecule has 0 atom stereocenters. The van der Waals surface area contributed by atoms with Crippen LogP contribution in [0.4, 0.5) is 5.13 Å². The monoisotopic (exact) mass is 343 g/mol. The van der Waals surface area contributed by atoms with Crippen molar-refractivity contribution in [2.75, 3.05) is 31.1 Å². The van der Waals surface area contributed by atoms with Gasteiger partial charge in [-0.25, -0.2) is 9.97 Å². The van der Waals surface area contributed by atoms with Crippen LogP contribution in [0.3, 0.4) is 0 Å². The topological polar surface area (TPSA) is 45.2 Å². The Hall–Kier alpha value is -1.83. The predicted molar refractivity (Wildman–Crippen MR) is 94.9 cm³/mol. The highest BCUT2D eigenvalue weighted by molar-refractivity contribution is 7.13. The summed E-state index contributed by atoms with van der Waals surface area (Å²) in [7, 11) is 0. The van der Waals surface area contributed by atoms with Crippen LogP contribution >= 0.6 is 22.7 Å². The van der Waals surface area contributed by atoms with E-state index in [9.17, 15) is 0 Å². The third-order valence-corrected chi connectivity index (χ3v) is 5.63. The number of pyridine rings is 1. The van der Waals surface area contributed by atoms with Gasteiger partial charge in [0.15, 0.2) is 5.13 Å². The third-order valence-electron chi connectivity index (χ3n) is 3.88. The van der Waals surface area contributed by atoms with E-state index >= 15 is 0 Å². The van der Waals surface area contributed by atoms with Crippen molar-refractivity contribution in [1.82, 2.24) is 19.9 Å². The van der Waals surface area contributed by atoms with Crippen LogP contribution in [-0.2, 0) is 6.54 Å². The highest BCUT2D eigenvalue weighted by Crippen LogP contribution is 2.23. The maximum absolute atomic E-state index is 4.73. The normalized spacial score (nSPS) is 15.9. The maximum Gasteiger partial charge on any atom is 0.185 e. The van der Waals surface area contributed by atoms with Gasteiger partial charge in [0.1, 0.15) is 5.01 Å². The molecule has 0 spiro atoms. The number of piperazine rings is 1. The number of nitrogens with zero attached hydrogens (tertiary/aromatic N) is 5. The van der Waals surface area contributed by atoms with Crippen molar-refractivity contribution in [3.05, 3.63) is 47.0 Å². The van der Waals surface area contributed by atoms with E-state index in [4.69, 9.17) is 4.98 Å². The summed E-state index contributed by atoms with van der Waals surface area (Å²) in [5.74, 6) is 0. The summed E-state index contributed by atoms with van der Waals surface area (Å²) >= 11 is 3.39. The summed E-state index contributed by atoms with van der Waals surface area (Å²) in [6.45, 7) is 5.08. The first-order chi connectivity index (χ1) is 11.4. The average molecular weight is 343 g/mol. The lowest BCUT2D eigenvalue weighted by atomic mass is 10.3. The van der Waals surface area contributed by atoms with Crippen molar-refractivity contribution in [1.29, 1.82) is 0 Å². The van der Waals surface area contributed by atoms with Crippen LogP contribution in [0.15, 0.2) is 41.4 Å². The number of anilines is 1. The van der Waals surface area contributed by atoms with E-state index in [2.05, 4.69) is 25.1 Å². The average Bonchev–Trinajstić information content (AvgIpc) is 3.28. The molecule has 0 amide bonds. The molecule has 23 heavy (non-hydrogen) atoms. The molecule has 0 N–H and O–H groups in total. The second-order valence-corrected chi connectivity index (χ2v) is 7.17. The molecule has 5 nitrogen and oxygen atoms in total. The second kappa shape index (κ2) is 6.74. The van der Waals surface area contributed by atoms with E-state index in [0.29, 0.717) is 0 Å². The Morgan fingerprint density at radius 3 is 2.65 bits per heavy atom. The third kappa shape index (κ3) is 3.41.